The van der Waals surface area contributed by atoms with Gasteiger partial charge in [0.2, 0.25) is 5.13 Å². The predicted octanol–water partition coefficient (Wildman–Crippen LogP) is 1.46. The molecule has 1 N–H and O–H groups in total. The van der Waals surface area contributed by atoms with Crippen molar-refractivity contribution in [2.75, 3.05) is 75.8 Å². The zero-order chi connectivity index (χ0) is 17.5. The van der Waals surface area contributed by atoms with Gasteiger partial charge in [-0.15, -0.1) is 24.0 Å². The average molecular weight is 512 g/mol. The number of anilines is 1. The van der Waals surface area contributed by atoms with Crippen LogP contribution >= 0.6 is 47.3 Å². The maximum absolute atomic E-state index is 4.61. The van der Waals surface area contributed by atoms with Crippen molar-refractivity contribution in [1.82, 2.24) is 24.5 Å². The summed E-state index contributed by atoms with van der Waals surface area (Å²) in [7, 11) is 1.88. The van der Waals surface area contributed by atoms with Crippen LogP contribution in [0.15, 0.2) is 4.99 Å². The minimum Gasteiger partial charge on any atom is -0.355 e. The highest BCUT2D eigenvalue weighted by atomic mass is 127. The van der Waals surface area contributed by atoms with E-state index in [1.807, 2.05) is 7.05 Å². The van der Waals surface area contributed by atoms with E-state index in [2.05, 4.69) is 53.1 Å². The maximum atomic E-state index is 4.61. The highest BCUT2D eigenvalue weighted by Crippen LogP contribution is 2.19. The summed E-state index contributed by atoms with van der Waals surface area (Å²) in [4.78, 5) is 16.3. The molecule has 0 amide bonds. The lowest BCUT2D eigenvalue weighted by Gasteiger charge is -2.36. The Morgan fingerprint density at radius 1 is 1.15 bits per heavy atom. The summed E-state index contributed by atoms with van der Waals surface area (Å²) in [5, 5.41) is 4.60. The SMILES string of the molecule is CCc1nsc(N2CCN(C(=NC)NCCN3CCSCC3)CC2)n1.I. The van der Waals surface area contributed by atoms with E-state index in [9.17, 15) is 0 Å². The quantitative estimate of drug-likeness (QED) is 0.365. The Morgan fingerprint density at radius 3 is 2.50 bits per heavy atom. The van der Waals surface area contributed by atoms with Gasteiger partial charge in [0, 0.05) is 88.9 Å². The molecule has 0 saturated carbocycles. The van der Waals surface area contributed by atoms with Crippen LogP contribution in [-0.2, 0) is 6.42 Å². The second-order valence-electron chi connectivity index (χ2n) is 6.25. The molecule has 0 aromatic carbocycles. The molecule has 0 atom stereocenters. The molecule has 0 aliphatic carbocycles. The third-order valence-electron chi connectivity index (χ3n) is 4.65. The number of hydrogen-bond donors (Lipinski definition) is 1. The smallest absolute Gasteiger partial charge is 0.205 e. The van der Waals surface area contributed by atoms with Crippen molar-refractivity contribution >= 4 is 58.4 Å². The van der Waals surface area contributed by atoms with Gasteiger partial charge < -0.3 is 15.1 Å². The van der Waals surface area contributed by atoms with Crippen LogP contribution in [0.1, 0.15) is 12.7 Å². The molecule has 2 aliphatic rings. The summed E-state index contributed by atoms with van der Waals surface area (Å²) in [6.07, 6.45) is 0.905. The number of aromatic nitrogens is 2. The molecule has 0 spiro atoms. The molecule has 0 unspecified atom stereocenters. The van der Waals surface area contributed by atoms with Crippen molar-refractivity contribution in [2.24, 2.45) is 4.99 Å². The number of guanidine groups is 1. The number of halogens is 1. The number of nitrogens with one attached hydrogen (secondary N) is 1. The summed E-state index contributed by atoms with van der Waals surface area (Å²) < 4.78 is 4.40. The standard InChI is InChI=1S/C16H29N7S2.HI/c1-3-14-19-16(25-20-14)23-8-6-22(7-9-23)15(17-2)18-4-5-21-10-12-24-13-11-21;/h3-13H2,1-2H3,(H,17,18);1H. The Labute approximate surface area is 182 Å². The van der Waals surface area contributed by atoms with Crippen molar-refractivity contribution in [3.63, 3.8) is 0 Å². The molecule has 3 heterocycles. The molecule has 2 fully saturated rings. The number of aliphatic imine (C=N–C) groups is 1. The molecule has 0 radical (unpaired) electrons. The third-order valence-corrected chi connectivity index (χ3v) is 6.41. The van der Waals surface area contributed by atoms with Crippen LogP contribution in [0.4, 0.5) is 5.13 Å². The van der Waals surface area contributed by atoms with Gasteiger partial charge >= 0.3 is 0 Å². The van der Waals surface area contributed by atoms with Crippen molar-refractivity contribution in [1.29, 1.82) is 0 Å². The van der Waals surface area contributed by atoms with Crippen molar-refractivity contribution in [3.05, 3.63) is 5.82 Å². The van der Waals surface area contributed by atoms with Crippen LogP contribution in [0.3, 0.4) is 0 Å². The molecule has 2 saturated heterocycles. The second kappa shape index (κ2) is 11.5. The molecule has 3 rings (SSSR count). The van der Waals surface area contributed by atoms with Gasteiger partial charge in [-0.3, -0.25) is 9.89 Å². The Hall–Kier alpha value is -0.330. The lowest BCUT2D eigenvalue weighted by molar-refractivity contribution is 0.303. The monoisotopic (exact) mass is 511 g/mol. The Kier molecular flexibility index (Phi) is 9.71. The van der Waals surface area contributed by atoms with Crippen LogP contribution in [-0.4, -0.2) is 96.0 Å². The summed E-state index contributed by atoms with van der Waals surface area (Å²) in [6.45, 7) is 10.5. The summed E-state index contributed by atoms with van der Waals surface area (Å²) in [6, 6.07) is 0. The van der Waals surface area contributed by atoms with E-state index in [1.165, 1.54) is 36.1 Å². The van der Waals surface area contributed by atoms with Gasteiger partial charge in [-0.2, -0.15) is 16.1 Å². The van der Waals surface area contributed by atoms with E-state index < -0.39 is 0 Å². The summed E-state index contributed by atoms with van der Waals surface area (Å²) >= 11 is 3.58. The normalized spacial score (nSPS) is 19.4. The number of thioether (sulfide) groups is 1. The number of piperazine rings is 1. The van der Waals surface area contributed by atoms with Crippen LogP contribution < -0.4 is 10.2 Å². The summed E-state index contributed by atoms with van der Waals surface area (Å²) in [5.74, 6) is 4.51. The molecule has 10 heteroatoms. The number of rotatable bonds is 5. The summed E-state index contributed by atoms with van der Waals surface area (Å²) in [5.41, 5.74) is 0. The molecule has 148 valence electrons. The molecular weight excluding hydrogens is 481 g/mol. The van der Waals surface area contributed by atoms with Crippen LogP contribution in [0.25, 0.3) is 0 Å². The first-order valence-corrected chi connectivity index (χ1v) is 11.1. The van der Waals surface area contributed by atoms with Crippen molar-refractivity contribution in [2.45, 2.75) is 13.3 Å². The Morgan fingerprint density at radius 2 is 1.88 bits per heavy atom. The van der Waals surface area contributed by atoms with Gasteiger partial charge in [-0.25, -0.2) is 4.98 Å². The van der Waals surface area contributed by atoms with E-state index in [1.54, 1.807) is 0 Å². The van der Waals surface area contributed by atoms with Gasteiger partial charge in [-0.05, 0) is 0 Å². The Bertz CT molecular complexity index is 555. The number of nitrogens with zero attached hydrogens (tertiary/aromatic N) is 6. The topological polar surface area (TPSA) is 59.9 Å². The maximum Gasteiger partial charge on any atom is 0.205 e. The van der Waals surface area contributed by atoms with Crippen molar-refractivity contribution in [3.8, 4) is 0 Å². The minimum absolute atomic E-state index is 0. The van der Waals surface area contributed by atoms with Gasteiger partial charge in [0.15, 0.2) is 5.96 Å². The van der Waals surface area contributed by atoms with Gasteiger partial charge in [0.05, 0.1) is 0 Å². The molecule has 1 aromatic rings. The van der Waals surface area contributed by atoms with Gasteiger partial charge in [0.1, 0.15) is 5.82 Å². The third kappa shape index (κ3) is 6.10. The van der Waals surface area contributed by atoms with E-state index >= 15 is 0 Å². The zero-order valence-electron chi connectivity index (χ0n) is 15.7. The highest BCUT2D eigenvalue weighted by Gasteiger charge is 2.22. The molecule has 0 bridgehead atoms. The fourth-order valence-electron chi connectivity index (χ4n) is 3.11. The van der Waals surface area contributed by atoms with Gasteiger partial charge in [-0.1, -0.05) is 6.92 Å². The van der Waals surface area contributed by atoms with E-state index in [0.29, 0.717) is 0 Å². The van der Waals surface area contributed by atoms with Crippen LogP contribution in [0.2, 0.25) is 0 Å². The fraction of sp³-hybridized carbons (Fsp3) is 0.812. The van der Waals surface area contributed by atoms with E-state index in [4.69, 9.17) is 0 Å². The zero-order valence-corrected chi connectivity index (χ0v) is 19.6. The number of hydrogen-bond acceptors (Lipinski definition) is 7. The molecule has 2 aliphatic heterocycles. The Balaban J connectivity index is 0.00000243. The molecule has 7 nitrogen and oxygen atoms in total. The first-order chi connectivity index (χ1) is 12.3. The molecule has 26 heavy (non-hydrogen) atoms. The number of aryl methyl sites for hydroxylation is 1. The van der Waals surface area contributed by atoms with Crippen LogP contribution in [0, 0.1) is 0 Å². The van der Waals surface area contributed by atoms with E-state index in [0.717, 1.165) is 62.6 Å². The van der Waals surface area contributed by atoms with E-state index in [-0.39, 0.29) is 24.0 Å². The van der Waals surface area contributed by atoms with Crippen molar-refractivity contribution < 1.29 is 0 Å². The first-order valence-electron chi connectivity index (χ1n) is 9.13. The average Bonchev–Trinajstić information content (AvgIpc) is 3.16. The fourth-order valence-corrected chi connectivity index (χ4v) is 4.89. The predicted molar refractivity (Wildman–Crippen MR) is 124 cm³/mol. The van der Waals surface area contributed by atoms with Gasteiger partial charge in [0.25, 0.3) is 0 Å². The second-order valence-corrected chi connectivity index (χ2v) is 8.20. The molecular formula is C16H30IN7S2. The largest absolute Gasteiger partial charge is 0.355 e. The molecule has 1 aromatic heterocycles. The van der Waals surface area contributed by atoms with Crippen LogP contribution in [0.5, 0.6) is 0 Å². The highest BCUT2D eigenvalue weighted by molar-refractivity contribution is 14.0. The lowest BCUT2D eigenvalue weighted by atomic mass is 10.3. The minimum atomic E-state index is 0. The lowest BCUT2D eigenvalue weighted by Crippen LogP contribution is -2.53. The first kappa shape index (κ1) is 22.0.